The Morgan fingerprint density at radius 1 is 1.25 bits per heavy atom. The quantitative estimate of drug-likeness (QED) is 0.543. The molecule has 88 valence electrons. The van der Waals surface area contributed by atoms with Crippen LogP contribution < -0.4 is 0 Å². The van der Waals surface area contributed by atoms with Crippen molar-refractivity contribution in [1.82, 2.24) is 0 Å². The minimum atomic E-state index is -0.657. The number of unbranched alkanes of at least 4 members (excludes halogenated alkanes) is 2. The summed E-state index contributed by atoms with van der Waals surface area (Å²) in [5, 5.41) is 8.91. The van der Waals surface area contributed by atoms with Gasteiger partial charge in [-0.25, -0.2) is 0 Å². The first kappa shape index (κ1) is 13.0. The number of rotatable bonds is 3. The van der Waals surface area contributed by atoms with Crippen molar-refractivity contribution < 1.29 is 9.47 Å². The van der Waals surface area contributed by atoms with E-state index >= 15 is 0 Å². The Hall–Kier alpha value is -1.03. The first-order chi connectivity index (χ1) is 7.59. The van der Waals surface area contributed by atoms with Gasteiger partial charge in [0.05, 0.1) is 6.07 Å². The van der Waals surface area contributed by atoms with Gasteiger partial charge in [0.15, 0.2) is 11.9 Å². The average molecular weight is 221 g/mol. The molecule has 0 N–H and O–H groups in total. The van der Waals surface area contributed by atoms with Gasteiger partial charge < -0.3 is 9.47 Å². The summed E-state index contributed by atoms with van der Waals surface area (Å²) >= 11 is 0. The van der Waals surface area contributed by atoms with E-state index in [0.717, 1.165) is 19.3 Å². The minimum Gasteiger partial charge on any atom is -0.342 e. The molecule has 1 rings (SSSR count). The van der Waals surface area contributed by atoms with Crippen LogP contribution in [0, 0.1) is 23.2 Å². The summed E-state index contributed by atoms with van der Waals surface area (Å²) < 4.78 is 11.0. The molecule has 2 atom stereocenters. The van der Waals surface area contributed by atoms with E-state index in [9.17, 15) is 0 Å². The maximum atomic E-state index is 8.91. The van der Waals surface area contributed by atoms with Crippen LogP contribution in [0.25, 0.3) is 0 Å². The van der Waals surface area contributed by atoms with Gasteiger partial charge in [-0.05, 0) is 20.3 Å². The van der Waals surface area contributed by atoms with Crippen molar-refractivity contribution in [2.75, 3.05) is 0 Å². The highest BCUT2D eigenvalue weighted by Crippen LogP contribution is 2.29. The second-order valence-electron chi connectivity index (χ2n) is 4.38. The molecule has 3 heteroatoms. The van der Waals surface area contributed by atoms with Crippen molar-refractivity contribution in [2.24, 2.45) is 0 Å². The SMILES string of the molecule is CCCCC#CC[C@H]1OC(C)(C)O[C@H]1C#N. The number of nitrogens with zero attached hydrogens (tertiary/aromatic N) is 1. The van der Waals surface area contributed by atoms with Crippen molar-refractivity contribution >= 4 is 0 Å². The lowest BCUT2D eigenvalue weighted by Crippen LogP contribution is -2.21. The van der Waals surface area contributed by atoms with Crippen molar-refractivity contribution in [2.45, 2.75) is 64.4 Å². The lowest BCUT2D eigenvalue weighted by molar-refractivity contribution is -0.141. The molecule has 16 heavy (non-hydrogen) atoms. The van der Waals surface area contributed by atoms with Gasteiger partial charge in [0.25, 0.3) is 0 Å². The van der Waals surface area contributed by atoms with Gasteiger partial charge in [-0.2, -0.15) is 5.26 Å². The molecule has 0 aromatic carbocycles. The Balaban J connectivity index is 2.41. The van der Waals surface area contributed by atoms with Crippen LogP contribution in [0.15, 0.2) is 0 Å². The fraction of sp³-hybridized carbons (Fsp3) is 0.769. The van der Waals surface area contributed by atoms with Gasteiger partial charge in [-0.15, -0.1) is 11.8 Å². The van der Waals surface area contributed by atoms with Gasteiger partial charge in [0, 0.05) is 12.8 Å². The van der Waals surface area contributed by atoms with E-state index in [4.69, 9.17) is 14.7 Å². The molecular formula is C13H19NO2. The minimum absolute atomic E-state index is 0.214. The second-order valence-corrected chi connectivity index (χ2v) is 4.38. The van der Waals surface area contributed by atoms with Crippen LogP contribution in [0.5, 0.6) is 0 Å². The molecular weight excluding hydrogens is 202 g/mol. The summed E-state index contributed by atoms with van der Waals surface area (Å²) in [6.45, 7) is 5.79. The van der Waals surface area contributed by atoms with Crippen molar-refractivity contribution in [1.29, 1.82) is 5.26 Å². The highest BCUT2D eigenvalue weighted by atomic mass is 16.7. The highest BCUT2D eigenvalue weighted by Gasteiger charge is 2.40. The lowest BCUT2D eigenvalue weighted by atomic mass is 10.1. The molecule has 1 heterocycles. The van der Waals surface area contributed by atoms with E-state index in [1.54, 1.807) is 0 Å². The molecule has 1 saturated heterocycles. The zero-order valence-corrected chi connectivity index (χ0v) is 10.2. The molecule has 0 aromatic heterocycles. The molecule has 3 nitrogen and oxygen atoms in total. The Kier molecular flexibility index (Phi) is 4.80. The smallest absolute Gasteiger partial charge is 0.174 e. The molecule has 0 aromatic rings. The van der Waals surface area contributed by atoms with E-state index in [1.807, 2.05) is 13.8 Å². The van der Waals surface area contributed by atoms with Crippen molar-refractivity contribution in [3.8, 4) is 17.9 Å². The van der Waals surface area contributed by atoms with Crippen LogP contribution in [-0.2, 0) is 9.47 Å². The van der Waals surface area contributed by atoms with Gasteiger partial charge in [-0.3, -0.25) is 0 Å². The van der Waals surface area contributed by atoms with E-state index in [-0.39, 0.29) is 6.10 Å². The van der Waals surface area contributed by atoms with Crippen LogP contribution in [0.4, 0.5) is 0 Å². The molecule has 0 spiro atoms. The normalized spacial score (nSPS) is 26.9. The Morgan fingerprint density at radius 2 is 2.00 bits per heavy atom. The number of ether oxygens (including phenoxy) is 2. The molecule has 1 aliphatic rings. The Labute approximate surface area is 97.7 Å². The third-order valence-electron chi connectivity index (χ3n) is 2.39. The summed E-state index contributed by atoms with van der Waals surface area (Å²) in [6, 6.07) is 2.11. The fourth-order valence-electron chi connectivity index (χ4n) is 1.62. The zero-order chi connectivity index (χ0) is 12.0. The van der Waals surface area contributed by atoms with Crippen molar-refractivity contribution in [3.05, 3.63) is 0 Å². The third kappa shape index (κ3) is 3.85. The van der Waals surface area contributed by atoms with Crippen LogP contribution in [0.3, 0.4) is 0 Å². The predicted molar refractivity (Wildman–Crippen MR) is 61.4 cm³/mol. The van der Waals surface area contributed by atoms with Crippen LogP contribution in [0.1, 0.15) is 46.5 Å². The second kappa shape index (κ2) is 5.89. The summed E-state index contributed by atoms with van der Waals surface area (Å²) in [5.74, 6) is 5.49. The monoisotopic (exact) mass is 221 g/mol. The highest BCUT2D eigenvalue weighted by molar-refractivity contribution is 5.06. The lowest BCUT2D eigenvalue weighted by Gasteiger charge is -2.15. The summed E-state index contributed by atoms with van der Waals surface area (Å²) in [6.07, 6.45) is 3.08. The largest absolute Gasteiger partial charge is 0.342 e. The molecule has 0 unspecified atom stereocenters. The first-order valence-electron chi connectivity index (χ1n) is 5.80. The summed E-state index contributed by atoms with van der Waals surface area (Å²) in [7, 11) is 0. The van der Waals surface area contributed by atoms with E-state index in [2.05, 4.69) is 24.8 Å². The fourth-order valence-corrected chi connectivity index (χ4v) is 1.62. The first-order valence-corrected chi connectivity index (χ1v) is 5.80. The van der Waals surface area contributed by atoms with Gasteiger partial charge >= 0.3 is 0 Å². The molecule has 0 radical (unpaired) electrons. The molecule has 1 fully saturated rings. The topological polar surface area (TPSA) is 42.2 Å². The van der Waals surface area contributed by atoms with E-state index in [1.165, 1.54) is 0 Å². The van der Waals surface area contributed by atoms with Gasteiger partial charge in [0.1, 0.15) is 6.10 Å². The maximum absolute atomic E-state index is 8.91. The number of hydrogen-bond acceptors (Lipinski definition) is 3. The van der Waals surface area contributed by atoms with Crippen molar-refractivity contribution in [3.63, 3.8) is 0 Å². The molecule has 0 aliphatic carbocycles. The standard InChI is InChI=1S/C13H19NO2/c1-4-5-6-7-8-9-11-12(10-14)16-13(2,3)15-11/h11-12H,4-6,9H2,1-3H3/t11-,12+/m1/s1. The molecule has 0 amide bonds. The number of hydrogen-bond donors (Lipinski definition) is 0. The van der Waals surface area contributed by atoms with E-state index < -0.39 is 11.9 Å². The molecule has 0 saturated carbocycles. The van der Waals surface area contributed by atoms with Crippen LogP contribution in [-0.4, -0.2) is 18.0 Å². The third-order valence-corrected chi connectivity index (χ3v) is 2.39. The van der Waals surface area contributed by atoms with Crippen LogP contribution in [0.2, 0.25) is 0 Å². The predicted octanol–water partition coefficient (Wildman–Crippen LogP) is 2.61. The zero-order valence-electron chi connectivity index (χ0n) is 10.2. The number of nitriles is 1. The Bertz CT molecular complexity index is 319. The summed E-state index contributed by atoms with van der Waals surface area (Å²) in [4.78, 5) is 0. The van der Waals surface area contributed by atoms with Gasteiger partial charge in [-0.1, -0.05) is 13.3 Å². The summed E-state index contributed by atoms with van der Waals surface area (Å²) in [5.41, 5.74) is 0. The van der Waals surface area contributed by atoms with Gasteiger partial charge in [0.2, 0.25) is 0 Å². The van der Waals surface area contributed by atoms with Crippen LogP contribution >= 0.6 is 0 Å². The average Bonchev–Trinajstić information content (AvgIpc) is 2.53. The van der Waals surface area contributed by atoms with E-state index in [0.29, 0.717) is 6.42 Å². The Morgan fingerprint density at radius 3 is 2.62 bits per heavy atom. The molecule has 1 aliphatic heterocycles. The maximum Gasteiger partial charge on any atom is 0.174 e. The molecule has 0 bridgehead atoms.